The first-order valence-corrected chi connectivity index (χ1v) is 13.7. The molecule has 2 aromatic carbocycles. The maximum absolute atomic E-state index is 12.8. The fraction of sp³-hybridized carbons (Fsp3) is 0.346. The van der Waals surface area contributed by atoms with Gasteiger partial charge < -0.3 is 5.32 Å². The van der Waals surface area contributed by atoms with Crippen LogP contribution in [0.15, 0.2) is 77.0 Å². The summed E-state index contributed by atoms with van der Waals surface area (Å²) in [4.78, 5) is 13.3. The first kappa shape index (κ1) is 23.7. The van der Waals surface area contributed by atoms with Crippen molar-refractivity contribution in [1.82, 2.24) is 9.62 Å². The lowest BCUT2D eigenvalue weighted by Gasteiger charge is -2.25. The van der Waals surface area contributed by atoms with Gasteiger partial charge in [-0.25, -0.2) is 8.42 Å². The molecule has 1 aliphatic heterocycles. The number of amides is 1. The molecule has 1 aliphatic rings. The fourth-order valence-electron chi connectivity index (χ4n) is 4.30. The Hall–Kier alpha value is -2.48. The summed E-state index contributed by atoms with van der Waals surface area (Å²) in [6, 6.07) is 24.0. The number of benzene rings is 2. The van der Waals surface area contributed by atoms with Gasteiger partial charge in [-0.05, 0) is 42.5 Å². The Morgan fingerprint density at radius 1 is 0.879 bits per heavy atom. The lowest BCUT2D eigenvalue weighted by molar-refractivity contribution is -0.120. The van der Waals surface area contributed by atoms with Crippen LogP contribution >= 0.6 is 11.3 Å². The van der Waals surface area contributed by atoms with Crippen molar-refractivity contribution in [2.45, 2.75) is 42.2 Å². The summed E-state index contributed by atoms with van der Waals surface area (Å²) in [5, 5.41) is 3.02. The Morgan fingerprint density at radius 3 is 2.09 bits per heavy atom. The van der Waals surface area contributed by atoms with Crippen molar-refractivity contribution in [2.24, 2.45) is 0 Å². The molecule has 1 fully saturated rings. The van der Waals surface area contributed by atoms with Crippen molar-refractivity contribution in [1.29, 1.82) is 0 Å². The summed E-state index contributed by atoms with van der Waals surface area (Å²) in [5.41, 5.74) is 2.45. The van der Waals surface area contributed by atoms with Crippen molar-refractivity contribution < 1.29 is 13.2 Å². The molecule has 0 bridgehead atoms. The summed E-state index contributed by atoms with van der Waals surface area (Å²) in [6.07, 6.45) is 3.89. The van der Waals surface area contributed by atoms with Crippen LogP contribution in [-0.2, 0) is 21.2 Å². The van der Waals surface area contributed by atoms with Crippen molar-refractivity contribution in [3.8, 4) is 0 Å². The summed E-state index contributed by atoms with van der Waals surface area (Å²) in [7, 11) is -3.45. The minimum absolute atomic E-state index is 0.0846. The number of carbonyl (C=O) groups excluding carboxylic acids is 1. The number of nitrogens with one attached hydrogen (secondary N) is 1. The Bertz CT molecular complexity index is 1100. The molecule has 0 radical (unpaired) electrons. The van der Waals surface area contributed by atoms with Gasteiger partial charge in [-0.2, -0.15) is 4.31 Å². The number of piperidine rings is 1. The van der Waals surface area contributed by atoms with E-state index in [0.29, 0.717) is 23.8 Å². The van der Waals surface area contributed by atoms with E-state index in [1.54, 1.807) is 16.4 Å². The zero-order valence-electron chi connectivity index (χ0n) is 18.7. The number of sulfonamides is 1. The van der Waals surface area contributed by atoms with Crippen molar-refractivity contribution in [3.05, 3.63) is 88.8 Å². The summed E-state index contributed by atoms with van der Waals surface area (Å²) < 4.78 is 27.6. The number of hydrogen-bond acceptors (Lipinski definition) is 4. The van der Waals surface area contributed by atoms with Gasteiger partial charge in [0.1, 0.15) is 4.21 Å². The van der Waals surface area contributed by atoms with E-state index in [1.807, 2.05) is 36.4 Å². The quantitative estimate of drug-likeness (QED) is 0.476. The average molecular weight is 483 g/mol. The molecule has 0 saturated carbocycles. The normalized spacial score (nSPS) is 14.9. The summed E-state index contributed by atoms with van der Waals surface area (Å²) in [5.74, 6) is 0.120. The SMILES string of the molecule is O=C(Cc1ccc(S(=O)(=O)N2CCCCC2)s1)NCCC(c1ccccc1)c1ccccc1. The second-order valence-corrected chi connectivity index (χ2v) is 11.7. The maximum Gasteiger partial charge on any atom is 0.252 e. The van der Waals surface area contributed by atoms with E-state index in [2.05, 4.69) is 29.6 Å². The standard InChI is InChI=1S/C26H30N2O3S2/c29-25(20-23-14-15-26(32-23)33(30,31)28-18-8-3-9-19-28)27-17-16-24(21-10-4-1-5-11-21)22-12-6-2-7-13-22/h1-2,4-7,10-15,24H,3,8-9,16-20H2,(H,27,29). The van der Waals surface area contributed by atoms with E-state index in [0.717, 1.165) is 30.6 Å². The third-order valence-corrected chi connectivity index (χ3v) is 9.49. The molecule has 4 rings (SSSR count). The summed E-state index contributed by atoms with van der Waals surface area (Å²) in [6.45, 7) is 1.72. The van der Waals surface area contributed by atoms with Crippen molar-refractivity contribution >= 4 is 27.3 Å². The highest BCUT2D eigenvalue weighted by Gasteiger charge is 2.27. The first-order chi connectivity index (χ1) is 16.0. The highest BCUT2D eigenvalue weighted by molar-refractivity contribution is 7.91. The van der Waals surface area contributed by atoms with Crippen LogP contribution < -0.4 is 5.32 Å². The maximum atomic E-state index is 12.8. The van der Waals surface area contributed by atoms with Crippen LogP contribution in [0, 0.1) is 0 Å². The Labute approximate surface area is 200 Å². The molecular formula is C26H30N2O3S2. The van der Waals surface area contributed by atoms with Crippen molar-refractivity contribution in [2.75, 3.05) is 19.6 Å². The molecule has 1 saturated heterocycles. The molecule has 33 heavy (non-hydrogen) atoms. The molecule has 174 valence electrons. The molecule has 7 heteroatoms. The van der Waals surface area contributed by atoms with Gasteiger partial charge >= 0.3 is 0 Å². The number of hydrogen-bond donors (Lipinski definition) is 1. The molecule has 0 aliphatic carbocycles. The molecule has 0 atom stereocenters. The number of thiophene rings is 1. The fourth-order valence-corrected chi connectivity index (χ4v) is 7.32. The van der Waals surface area contributed by atoms with E-state index in [9.17, 15) is 13.2 Å². The van der Waals surface area contributed by atoms with Crippen LogP contribution in [0.25, 0.3) is 0 Å². The zero-order valence-corrected chi connectivity index (χ0v) is 20.3. The molecule has 2 heterocycles. The smallest absolute Gasteiger partial charge is 0.252 e. The summed E-state index contributed by atoms with van der Waals surface area (Å²) >= 11 is 1.20. The minimum Gasteiger partial charge on any atom is -0.356 e. The van der Waals surface area contributed by atoms with Crippen LogP contribution in [0.3, 0.4) is 0 Å². The van der Waals surface area contributed by atoms with E-state index in [1.165, 1.54) is 22.5 Å². The van der Waals surface area contributed by atoms with Crippen LogP contribution in [0.2, 0.25) is 0 Å². The predicted molar refractivity (Wildman–Crippen MR) is 133 cm³/mol. The molecule has 1 amide bonds. The number of carbonyl (C=O) groups is 1. The van der Waals surface area contributed by atoms with Gasteiger partial charge in [-0.3, -0.25) is 4.79 Å². The van der Waals surface area contributed by atoms with E-state index < -0.39 is 10.0 Å². The molecule has 1 N–H and O–H groups in total. The zero-order chi connectivity index (χ0) is 23.1. The molecule has 3 aromatic rings. The Kier molecular flexibility index (Phi) is 7.96. The highest BCUT2D eigenvalue weighted by Crippen LogP contribution is 2.28. The van der Waals surface area contributed by atoms with Gasteiger partial charge in [-0.15, -0.1) is 11.3 Å². The van der Waals surface area contributed by atoms with E-state index in [4.69, 9.17) is 0 Å². The molecule has 0 unspecified atom stereocenters. The van der Waals surface area contributed by atoms with Crippen LogP contribution in [0.4, 0.5) is 0 Å². The lowest BCUT2D eigenvalue weighted by atomic mass is 9.88. The van der Waals surface area contributed by atoms with Crippen LogP contribution in [-0.4, -0.2) is 38.3 Å². The predicted octanol–water partition coefficient (Wildman–Crippen LogP) is 4.80. The molecule has 1 aromatic heterocycles. The topological polar surface area (TPSA) is 66.5 Å². The molecule has 0 spiro atoms. The Balaban J connectivity index is 1.34. The number of nitrogens with zero attached hydrogens (tertiary/aromatic N) is 1. The van der Waals surface area contributed by atoms with Gasteiger partial charge in [0, 0.05) is 30.4 Å². The Morgan fingerprint density at radius 2 is 1.48 bits per heavy atom. The first-order valence-electron chi connectivity index (χ1n) is 11.5. The van der Waals surface area contributed by atoms with E-state index in [-0.39, 0.29) is 18.2 Å². The average Bonchev–Trinajstić information content (AvgIpc) is 3.33. The second-order valence-electron chi connectivity index (χ2n) is 8.37. The second kappa shape index (κ2) is 11.1. The van der Waals surface area contributed by atoms with Crippen LogP contribution in [0.5, 0.6) is 0 Å². The van der Waals surface area contributed by atoms with Gasteiger partial charge in [0.25, 0.3) is 10.0 Å². The van der Waals surface area contributed by atoms with Crippen molar-refractivity contribution in [3.63, 3.8) is 0 Å². The van der Waals surface area contributed by atoms with Gasteiger partial charge in [0.05, 0.1) is 6.42 Å². The third kappa shape index (κ3) is 6.10. The minimum atomic E-state index is -3.45. The van der Waals surface area contributed by atoms with Gasteiger partial charge in [-0.1, -0.05) is 67.1 Å². The largest absolute Gasteiger partial charge is 0.356 e. The number of rotatable bonds is 9. The highest BCUT2D eigenvalue weighted by atomic mass is 32.2. The van der Waals surface area contributed by atoms with Gasteiger partial charge in [0.2, 0.25) is 5.91 Å². The molecule has 5 nitrogen and oxygen atoms in total. The van der Waals surface area contributed by atoms with E-state index >= 15 is 0 Å². The molecular weight excluding hydrogens is 452 g/mol. The monoisotopic (exact) mass is 482 g/mol. The van der Waals surface area contributed by atoms with Crippen LogP contribution in [0.1, 0.15) is 47.6 Å². The van der Waals surface area contributed by atoms with Gasteiger partial charge in [0.15, 0.2) is 0 Å². The third-order valence-electron chi connectivity index (χ3n) is 6.04. The lowest BCUT2D eigenvalue weighted by Crippen LogP contribution is -2.35.